The Balaban J connectivity index is 2.13. The number of hydrogen-bond donors (Lipinski definition) is 3. The van der Waals surface area contributed by atoms with Crippen LogP contribution in [-0.2, 0) is 0 Å². The minimum absolute atomic E-state index is 0.304. The number of nitrogens with one attached hydrogen (secondary N) is 1. The maximum Gasteiger partial charge on any atom is 0.199 e. The molecule has 0 radical (unpaired) electrons. The summed E-state index contributed by atoms with van der Waals surface area (Å²) in [6.45, 7) is 2.07. The molecule has 5 N–H and O–H groups in total. The van der Waals surface area contributed by atoms with Crippen molar-refractivity contribution in [2.24, 2.45) is 0 Å². The summed E-state index contributed by atoms with van der Waals surface area (Å²) in [6, 6.07) is 12.4. The number of aryl methyl sites for hydroxylation is 1. The lowest BCUT2D eigenvalue weighted by molar-refractivity contribution is 1.25. The van der Waals surface area contributed by atoms with E-state index >= 15 is 0 Å². The summed E-state index contributed by atoms with van der Waals surface area (Å²) in [7, 11) is 0. The molecule has 0 aliphatic carbocycles. The van der Waals surface area contributed by atoms with Gasteiger partial charge in [-0.1, -0.05) is 29.8 Å². The van der Waals surface area contributed by atoms with Gasteiger partial charge in [0.25, 0.3) is 0 Å². The molecule has 22 heavy (non-hydrogen) atoms. The minimum atomic E-state index is 0.304. The number of rotatable bonds is 1. The molecule has 5 nitrogen and oxygen atoms in total. The molecule has 4 rings (SSSR count). The molecule has 5 heteroatoms. The number of fused-ring (bicyclic) bond motifs is 3. The van der Waals surface area contributed by atoms with Crippen LogP contribution in [0.1, 0.15) is 5.56 Å². The molecule has 2 heterocycles. The number of hydrogen-bond acceptors (Lipinski definition) is 4. The van der Waals surface area contributed by atoms with Gasteiger partial charge in [-0.3, -0.25) is 4.98 Å². The third kappa shape index (κ3) is 1.79. The van der Waals surface area contributed by atoms with Crippen molar-refractivity contribution in [3.05, 3.63) is 48.2 Å². The van der Waals surface area contributed by atoms with Gasteiger partial charge in [0.15, 0.2) is 5.95 Å². The van der Waals surface area contributed by atoms with Gasteiger partial charge in [0.05, 0.1) is 11.0 Å². The largest absolute Gasteiger partial charge is 0.383 e. The van der Waals surface area contributed by atoms with E-state index in [1.165, 1.54) is 5.56 Å². The van der Waals surface area contributed by atoms with Crippen molar-refractivity contribution in [1.82, 2.24) is 15.0 Å². The van der Waals surface area contributed by atoms with Crippen molar-refractivity contribution in [1.29, 1.82) is 0 Å². The van der Waals surface area contributed by atoms with Gasteiger partial charge < -0.3 is 16.5 Å². The van der Waals surface area contributed by atoms with E-state index in [-0.39, 0.29) is 0 Å². The summed E-state index contributed by atoms with van der Waals surface area (Å²) in [6.07, 6.45) is 1.79. The molecule has 0 spiro atoms. The van der Waals surface area contributed by atoms with Crippen molar-refractivity contribution < 1.29 is 0 Å². The van der Waals surface area contributed by atoms with Gasteiger partial charge in [-0.05, 0) is 24.6 Å². The molecule has 0 unspecified atom stereocenters. The number of nitrogen functional groups attached to an aromatic ring is 2. The topological polar surface area (TPSA) is 93.6 Å². The summed E-state index contributed by atoms with van der Waals surface area (Å²) in [4.78, 5) is 11.7. The molecule has 0 fully saturated rings. The highest BCUT2D eigenvalue weighted by atomic mass is 15.0. The first-order valence-electron chi connectivity index (χ1n) is 7.03. The van der Waals surface area contributed by atoms with Crippen molar-refractivity contribution in [2.75, 3.05) is 11.5 Å². The van der Waals surface area contributed by atoms with Crippen molar-refractivity contribution in [3.63, 3.8) is 0 Å². The van der Waals surface area contributed by atoms with Crippen molar-refractivity contribution in [2.45, 2.75) is 6.92 Å². The fourth-order valence-corrected chi connectivity index (χ4v) is 2.86. The first kappa shape index (κ1) is 12.6. The summed E-state index contributed by atoms with van der Waals surface area (Å²) in [5.74, 6) is 0.721. The van der Waals surface area contributed by atoms with Gasteiger partial charge >= 0.3 is 0 Å². The maximum absolute atomic E-state index is 6.05. The van der Waals surface area contributed by atoms with Crippen LogP contribution in [0.5, 0.6) is 0 Å². The Labute approximate surface area is 127 Å². The Morgan fingerprint density at radius 2 is 1.82 bits per heavy atom. The maximum atomic E-state index is 6.05. The molecule has 0 saturated carbocycles. The predicted octanol–water partition coefficient (Wildman–Crippen LogP) is 3.25. The minimum Gasteiger partial charge on any atom is -0.383 e. The second-order valence-electron chi connectivity index (χ2n) is 5.43. The molecule has 2 aromatic carbocycles. The second-order valence-corrected chi connectivity index (χ2v) is 5.43. The molecule has 0 aliphatic rings. The fourth-order valence-electron chi connectivity index (χ4n) is 2.86. The molecule has 108 valence electrons. The zero-order valence-corrected chi connectivity index (χ0v) is 12.1. The summed E-state index contributed by atoms with van der Waals surface area (Å²) in [5.41, 5.74) is 17.0. The van der Waals surface area contributed by atoms with E-state index in [4.69, 9.17) is 11.5 Å². The molecule has 2 aromatic heterocycles. The van der Waals surface area contributed by atoms with Crippen LogP contribution in [0, 0.1) is 6.92 Å². The Morgan fingerprint density at radius 3 is 2.59 bits per heavy atom. The quantitative estimate of drug-likeness (QED) is 0.501. The molecule has 0 atom stereocenters. The van der Waals surface area contributed by atoms with E-state index in [0.717, 1.165) is 32.9 Å². The van der Waals surface area contributed by atoms with E-state index in [9.17, 15) is 0 Å². The van der Waals surface area contributed by atoms with Gasteiger partial charge in [-0.2, -0.15) is 4.98 Å². The summed E-state index contributed by atoms with van der Waals surface area (Å²) < 4.78 is 0. The van der Waals surface area contributed by atoms with Gasteiger partial charge in [-0.25, -0.2) is 0 Å². The van der Waals surface area contributed by atoms with Gasteiger partial charge in [0.2, 0.25) is 0 Å². The molecule has 0 aliphatic heterocycles. The van der Waals surface area contributed by atoms with Gasteiger partial charge in [0.1, 0.15) is 5.82 Å². The number of aromatic nitrogens is 3. The molecule has 4 aromatic rings. The number of H-pyrrole nitrogens is 1. The number of benzene rings is 2. The lowest BCUT2D eigenvalue weighted by Crippen LogP contribution is -2.01. The summed E-state index contributed by atoms with van der Waals surface area (Å²) in [5, 5.41) is 1.84. The molecular weight excluding hydrogens is 274 g/mol. The third-order valence-corrected chi connectivity index (χ3v) is 3.90. The Kier molecular flexibility index (Phi) is 2.56. The van der Waals surface area contributed by atoms with Crippen molar-refractivity contribution in [3.8, 4) is 11.1 Å². The standard InChI is InChI=1S/C17H15N5/c1-9-2-4-10(5-3-9)12-8-13-14(11-6-7-20-15(11)12)16(18)22-17(19)21-13/h2-8H,18H2,1H3,(H3,19,21,22). The number of anilines is 2. The van der Waals surface area contributed by atoms with Crippen LogP contribution in [0.3, 0.4) is 0 Å². The van der Waals surface area contributed by atoms with Crippen LogP contribution in [-0.4, -0.2) is 15.0 Å². The van der Waals surface area contributed by atoms with Crippen LogP contribution in [0.15, 0.2) is 42.6 Å². The van der Waals surface area contributed by atoms with Crippen LogP contribution < -0.4 is 11.5 Å². The van der Waals surface area contributed by atoms with Crippen molar-refractivity contribution >= 4 is 33.6 Å². The average Bonchev–Trinajstić information content (AvgIpc) is 2.95. The lowest BCUT2D eigenvalue weighted by Gasteiger charge is -2.10. The van der Waals surface area contributed by atoms with Gasteiger partial charge in [-0.15, -0.1) is 0 Å². The highest BCUT2D eigenvalue weighted by Gasteiger charge is 2.13. The average molecular weight is 289 g/mol. The zero-order valence-electron chi connectivity index (χ0n) is 12.1. The SMILES string of the molecule is Cc1ccc(-c2cc3[nH]c(N)nc(N)c3c3ccnc23)cc1. The third-order valence-electron chi connectivity index (χ3n) is 3.90. The highest BCUT2D eigenvalue weighted by molar-refractivity contribution is 6.15. The monoisotopic (exact) mass is 289 g/mol. The molecule has 0 bridgehead atoms. The van der Waals surface area contributed by atoms with E-state index in [1.807, 2.05) is 12.1 Å². The second kappa shape index (κ2) is 4.46. The van der Waals surface area contributed by atoms with Crippen LogP contribution in [0.4, 0.5) is 11.8 Å². The smallest absolute Gasteiger partial charge is 0.199 e. The lowest BCUT2D eigenvalue weighted by atomic mass is 9.99. The van der Waals surface area contributed by atoms with E-state index in [2.05, 4.69) is 46.1 Å². The van der Waals surface area contributed by atoms with E-state index < -0.39 is 0 Å². The summed E-state index contributed by atoms with van der Waals surface area (Å²) >= 11 is 0. The van der Waals surface area contributed by atoms with E-state index in [1.54, 1.807) is 6.20 Å². The Bertz CT molecular complexity index is 999. The predicted molar refractivity (Wildman–Crippen MR) is 90.4 cm³/mol. The van der Waals surface area contributed by atoms with E-state index in [0.29, 0.717) is 11.8 Å². The molecule has 0 saturated heterocycles. The first-order valence-corrected chi connectivity index (χ1v) is 7.03. The number of nitrogens with zero attached hydrogens (tertiary/aromatic N) is 2. The van der Waals surface area contributed by atoms with Gasteiger partial charge in [0, 0.05) is 22.5 Å². The number of nitrogens with two attached hydrogens (primary N) is 2. The van der Waals surface area contributed by atoms with Crippen LogP contribution in [0.2, 0.25) is 0 Å². The molecule has 0 amide bonds. The first-order chi connectivity index (χ1) is 10.6. The zero-order chi connectivity index (χ0) is 15.3. The highest BCUT2D eigenvalue weighted by Crippen LogP contribution is 2.35. The van der Waals surface area contributed by atoms with Crippen LogP contribution >= 0.6 is 0 Å². The number of aromatic amines is 1. The fraction of sp³-hybridized carbons (Fsp3) is 0.0588. The Morgan fingerprint density at radius 1 is 1.05 bits per heavy atom. The molecular formula is C17H15N5. The van der Waals surface area contributed by atoms with Crippen LogP contribution in [0.25, 0.3) is 32.9 Å². The Hall–Kier alpha value is -3.08. The normalized spacial score (nSPS) is 11.3.